The van der Waals surface area contributed by atoms with E-state index in [4.69, 9.17) is 4.98 Å². The lowest BCUT2D eigenvalue weighted by atomic mass is 9.94. The van der Waals surface area contributed by atoms with Gasteiger partial charge in [0.1, 0.15) is 5.82 Å². The van der Waals surface area contributed by atoms with E-state index in [2.05, 4.69) is 28.3 Å². The van der Waals surface area contributed by atoms with Crippen LogP contribution in [0.25, 0.3) is 16.8 Å². The summed E-state index contributed by atoms with van der Waals surface area (Å²) in [7, 11) is 0. The van der Waals surface area contributed by atoms with Crippen molar-refractivity contribution in [2.45, 2.75) is 43.3 Å². The van der Waals surface area contributed by atoms with Gasteiger partial charge >= 0.3 is 0 Å². The summed E-state index contributed by atoms with van der Waals surface area (Å²) >= 11 is 1.70. The maximum atomic E-state index is 13.4. The Hall–Kier alpha value is -2.01. The fourth-order valence-electron chi connectivity index (χ4n) is 3.95. The van der Waals surface area contributed by atoms with Crippen LogP contribution in [0.3, 0.4) is 0 Å². The van der Waals surface area contributed by atoms with Gasteiger partial charge in [-0.3, -0.25) is 0 Å². The van der Waals surface area contributed by atoms with Crippen molar-refractivity contribution in [1.29, 1.82) is 0 Å². The van der Waals surface area contributed by atoms with Gasteiger partial charge in [0.25, 0.3) is 0 Å². The fourth-order valence-corrected chi connectivity index (χ4v) is 4.57. The Bertz CT molecular complexity index is 830. The molecule has 2 aromatic rings. The lowest BCUT2D eigenvalue weighted by molar-refractivity contribution is 0.335. The molecule has 1 saturated carbocycles. The number of allylic oxidation sites excluding steroid dienone is 2. The van der Waals surface area contributed by atoms with Crippen LogP contribution < -0.4 is 5.32 Å². The number of halogens is 1. The van der Waals surface area contributed by atoms with Gasteiger partial charge in [0.15, 0.2) is 5.16 Å². The number of hydrogen-bond donors (Lipinski definition) is 1. The molecule has 0 amide bonds. The zero-order valence-electron chi connectivity index (χ0n) is 15.0. The molecule has 1 aromatic carbocycles. The molecule has 4 rings (SSSR count). The zero-order valence-corrected chi connectivity index (χ0v) is 15.9. The van der Waals surface area contributed by atoms with Crippen LogP contribution in [0, 0.1) is 5.82 Å². The molecule has 0 saturated heterocycles. The Morgan fingerprint density at radius 3 is 2.58 bits per heavy atom. The maximum absolute atomic E-state index is 13.4. The predicted octanol–water partition coefficient (Wildman–Crippen LogP) is 5.42. The van der Waals surface area contributed by atoms with Gasteiger partial charge in [-0.15, -0.1) is 0 Å². The van der Waals surface area contributed by atoms with Gasteiger partial charge in [0.2, 0.25) is 0 Å². The van der Waals surface area contributed by atoms with Gasteiger partial charge in [-0.1, -0.05) is 37.1 Å². The molecule has 1 fully saturated rings. The van der Waals surface area contributed by atoms with E-state index in [1.807, 2.05) is 18.3 Å². The first-order valence-electron chi connectivity index (χ1n) is 9.30. The van der Waals surface area contributed by atoms with Gasteiger partial charge in [0.05, 0.1) is 11.4 Å². The first-order chi connectivity index (χ1) is 12.8. The van der Waals surface area contributed by atoms with Gasteiger partial charge in [-0.05, 0) is 61.2 Å². The van der Waals surface area contributed by atoms with Crippen molar-refractivity contribution < 1.29 is 4.39 Å². The van der Waals surface area contributed by atoms with Gasteiger partial charge in [-0.25, -0.2) is 9.37 Å². The number of imidazole rings is 1. The van der Waals surface area contributed by atoms with Crippen molar-refractivity contribution in [3.8, 4) is 11.3 Å². The molecular weight excluding hydrogens is 345 g/mol. The first-order valence-corrected chi connectivity index (χ1v) is 10.5. The SMILES string of the molecule is CSc1nc(-c2ccc(F)cc2)c(C2=CCNC=C2)n1C1CCCCC1. The number of nitrogens with one attached hydrogen (secondary N) is 1. The number of benzene rings is 1. The number of hydrogen-bond acceptors (Lipinski definition) is 3. The molecule has 1 aliphatic carbocycles. The standard InChI is InChI=1S/C21H24FN3S/c1-26-21-24-19(15-7-9-17(22)10-8-15)20(16-11-13-23-14-12-16)25(21)18-5-3-2-4-6-18/h7-13,18,23H,2-6,14H2,1H3. The number of nitrogens with zero attached hydrogens (tertiary/aromatic N) is 2. The average Bonchev–Trinajstić information content (AvgIpc) is 3.09. The summed E-state index contributed by atoms with van der Waals surface area (Å²) in [6, 6.07) is 7.20. The third-order valence-electron chi connectivity index (χ3n) is 5.21. The summed E-state index contributed by atoms with van der Waals surface area (Å²) in [6.45, 7) is 0.819. The lowest BCUT2D eigenvalue weighted by Gasteiger charge is -2.27. The topological polar surface area (TPSA) is 29.9 Å². The Labute approximate surface area is 158 Å². The Morgan fingerprint density at radius 2 is 1.92 bits per heavy atom. The molecule has 0 atom stereocenters. The summed E-state index contributed by atoms with van der Waals surface area (Å²) < 4.78 is 15.9. The molecule has 1 aliphatic heterocycles. The summed E-state index contributed by atoms with van der Waals surface area (Å²) in [5.41, 5.74) is 4.30. The van der Waals surface area contributed by atoms with Crippen LogP contribution in [-0.4, -0.2) is 22.4 Å². The van der Waals surface area contributed by atoms with E-state index in [1.165, 1.54) is 55.5 Å². The molecule has 1 aromatic heterocycles. The predicted molar refractivity (Wildman–Crippen MR) is 107 cm³/mol. The number of dihydropyridines is 1. The van der Waals surface area contributed by atoms with E-state index >= 15 is 0 Å². The highest BCUT2D eigenvalue weighted by atomic mass is 32.2. The number of aromatic nitrogens is 2. The summed E-state index contributed by atoms with van der Waals surface area (Å²) in [5, 5.41) is 4.28. The van der Waals surface area contributed by atoms with Crippen LogP contribution in [0.5, 0.6) is 0 Å². The van der Waals surface area contributed by atoms with Crippen LogP contribution in [0.4, 0.5) is 4.39 Å². The first kappa shape index (κ1) is 17.4. The second-order valence-corrected chi connectivity index (χ2v) is 7.64. The third kappa shape index (κ3) is 3.32. The van der Waals surface area contributed by atoms with Crippen molar-refractivity contribution in [3.63, 3.8) is 0 Å². The molecule has 26 heavy (non-hydrogen) atoms. The molecule has 1 N–H and O–H groups in total. The van der Waals surface area contributed by atoms with Crippen LogP contribution in [0.1, 0.15) is 43.8 Å². The van der Waals surface area contributed by atoms with E-state index < -0.39 is 0 Å². The van der Waals surface area contributed by atoms with Gasteiger partial charge in [0, 0.05) is 18.2 Å². The third-order valence-corrected chi connectivity index (χ3v) is 5.87. The highest BCUT2D eigenvalue weighted by Crippen LogP contribution is 2.40. The molecule has 0 spiro atoms. The summed E-state index contributed by atoms with van der Waals surface area (Å²) in [4.78, 5) is 4.99. The molecule has 2 heterocycles. The maximum Gasteiger partial charge on any atom is 0.169 e. The van der Waals surface area contributed by atoms with Gasteiger partial charge in [-0.2, -0.15) is 0 Å². The molecule has 2 aliphatic rings. The highest BCUT2D eigenvalue weighted by molar-refractivity contribution is 7.98. The molecule has 0 radical (unpaired) electrons. The van der Waals surface area contributed by atoms with E-state index in [0.717, 1.165) is 23.0 Å². The summed E-state index contributed by atoms with van der Waals surface area (Å²) in [6.07, 6.45) is 14.7. The molecule has 0 unspecified atom stereocenters. The number of thioether (sulfide) groups is 1. The lowest BCUT2D eigenvalue weighted by Crippen LogP contribution is -2.17. The summed E-state index contributed by atoms with van der Waals surface area (Å²) in [5.74, 6) is -0.215. The normalized spacial score (nSPS) is 17.8. The highest BCUT2D eigenvalue weighted by Gasteiger charge is 2.26. The Kier molecular flexibility index (Phi) is 5.16. The Balaban J connectivity index is 1.90. The molecule has 3 nitrogen and oxygen atoms in total. The minimum Gasteiger partial charge on any atom is -0.387 e. The van der Waals surface area contributed by atoms with Crippen molar-refractivity contribution in [2.75, 3.05) is 12.8 Å². The molecule has 136 valence electrons. The van der Waals surface area contributed by atoms with Crippen molar-refractivity contribution in [3.05, 3.63) is 54.1 Å². The molecular formula is C21H24FN3S. The van der Waals surface area contributed by atoms with E-state index in [-0.39, 0.29) is 5.82 Å². The van der Waals surface area contributed by atoms with Gasteiger partial charge < -0.3 is 9.88 Å². The fraction of sp³-hybridized carbons (Fsp3) is 0.381. The van der Waals surface area contributed by atoms with E-state index in [0.29, 0.717) is 6.04 Å². The van der Waals surface area contributed by atoms with Crippen LogP contribution >= 0.6 is 11.8 Å². The largest absolute Gasteiger partial charge is 0.387 e. The monoisotopic (exact) mass is 369 g/mol. The second kappa shape index (κ2) is 7.70. The van der Waals surface area contributed by atoms with Crippen LogP contribution in [0.15, 0.2) is 47.8 Å². The molecule has 5 heteroatoms. The van der Waals surface area contributed by atoms with Crippen molar-refractivity contribution in [2.24, 2.45) is 0 Å². The molecule has 0 bridgehead atoms. The van der Waals surface area contributed by atoms with Crippen molar-refractivity contribution >= 4 is 17.3 Å². The average molecular weight is 370 g/mol. The number of rotatable bonds is 4. The van der Waals surface area contributed by atoms with E-state index in [1.54, 1.807) is 11.8 Å². The van der Waals surface area contributed by atoms with Crippen LogP contribution in [0.2, 0.25) is 0 Å². The second-order valence-electron chi connectivity index (χ2n) is 6.87. The van der Waals surface area contributed by atoms with E-state index in [9.17, 15) is 4.39 Å². The minimum atomic E-state index is -0.215. The zero-order chi connectivity index (χ0) is 17.9. The quantitative estimate of drug-likeness (QED) is 0.730. The minimum absolute atomic E-state index is 0.215. The van der Waals surface area contributed by atoms with Crippen LogP contribution in [-0.2, 0) is 0 Å². The Morgan fingerprint density at radius 1 is 1.15 bits per heavy atom. The smallest absolute Gasteiger partial charge is 0.169 e. The van der Waals surface area contributed by atoms with Crippen molar-refractivity contribution in [1.82, 2.24) is 14.9 Å².